The van der Waals surface area contributed by atoms with Crippen LogP contribution in [0.3, 0.4) is 0 Å². The average Bonchev–Trinajstić information content (AvgIpc) is 2.88. The number of hydrogen-bond acceptors (Lipinski definition) is 3. The van der Waals surface area contributed by atoms with Crippen molar-refractivity contribution in [3.63, 3.8) is 0 Å². The van der Waals surface area contributed by atoms with Gasteiger partial charge in [-0.3, -0.25) is 9.69 Å². The van der Waals surface area contributed by atoms with Gasteiger partial charge >= 0.3 is 6.03 Å². The summed E-state index contributed by atoms with van der Waals surface area (Å²) in [5, 5.41) is 11.7. The van der Waals surface area contributed by atoms with Crippen LogP contribution in [0.15, 0.2) is 54.6 Å². The quantitative estimate of drug-likeness (QED) is 0.881. The number of nitrogens with zero attached hydrogens (tertiary/aromatic N) is 2. The van der Waals surface area contributed by atoms with E-state index in [1.54, 1.807) is 24.3 Å². The molecule has 0 aliphatic carbocycles. The highest BCUT2D eigenvalue weighted by atomic mass is 16.2. The van der Waals surface area contributed by atoms with Crippen LogP contribution >= 0.6 is 0 Å². The van der Waals surface area contributed by atoms with Crippen LogP contribution in [0, 0.1) is 11.3 Å². The van der Waals surface area contributed by atoms with Crippen LogP contribution in [0.4, 0.5) is 4.79 Å². The summed E-state index contributed by atoms with van der Waals surface area (Å²) in [4.78, 5) is 26.6. The van der Waals surface area contributed by atoms with Gasteiger partial charge in [0.1, 0.15) is 5.54 Å². The minimum atomic E-state index is -1.01. The van der Waals surface area contributed by atoms with Crippen LogP contribution in [-0.4, -0.2) is 16.8 Å². The van der Waals surface area contributed by atoms with E-state index in [9.17, 15) is 9.59 Å². The van der Waals surface area contributed by atoms with Crippen molar-refractivity contribution in [2.45, 2.75) is 25.4 Å². The molecule has 5 nitrogen and oxygen atoms in total. The zero-order valence-corrected chi connectivity index (χ0v) is 13.3. The smallest absolute Gasteiger partial charge is 0.319 e. The summed E-state index contributed by atoms with van der Waals surface area (Å²) in [5.74, 6) is -0.245. The largest absolute Gasteiger partial charge is 0.325 e. The molecule has 0 bridgehead atoms. The standard InChI is InChI=1S/C19H17N3O2/c1-2-19(16-6-4-3-5-7-16)17(23)22(18(24)21-19)13-15-10-8-14(12-20)9-11-15/h3-11H,2,13H2,1H3,(H,21,24)/t19-/m0/s1. The van der Waals surface area contributed by atoms with Crippen molar-refractivity contribution in [2.24, 2.45) is 0 Å². The average molecular weight is 319 g/mol. The summed E-state index contributed by atoms with van der Waals surface area (Å²) < 4.78 is 0. The first-order valence-corrected chi connectivity index (χ1v) is 7.79. The Kier molecular flexibility index (Phi) is 4.05. The highest BCUT2D eigenvalue weighted by molar-refractivity contribution is 6.07. The Labute approximate surface area is 140 Å². The van der Waals surface area contributed by atoms with Crippen molar-refractivity contribution in [2.75, 3.05) is 0 Å². The molecule has 1 heterocycles. The summed E-state index contributed by atoms with van der Waals surface area (Å²) in [6.45, 7) is 2.07. The van der Waals surface area contributed by atoms with Crippen molar-refractivity contribution >= 4 is 11.9 Å². The van der Waals surface area contributed by atoms with Crippen LogP contribution in [0.25, 0.3) is 0 Å². The van der Waals surface area contributed by atoms with Gasteiger partial charge in [0, 0.05) is 0 Å². The lowest BCUT2D eigenvalue weighted by atomic mass is 9.87. The number of urea groups is 1. The first-order valence-electron chi connectivity index (χ1n) is 7.79. The lowest BCUT2D eigenvalue weighted by Crippen LogP contribution is -2.43. The van der Waals surface area contributed by atoms with Crippen LogP contribution in [0.5, 0.6) is 0 Å². The highest BCUT2D eigenvalue weighted by Gasteiger charge is 2.50. The summed E-state index contributed by atoms with van der Waals surface area (Å²) in [6, 6.07) is 17.8. The fourth-order valence-electron chi connectivity index (χ4n) is 3.00. The van der Waals surface area contributed by atoms with Gasteiger partial charge in [-0.05, 0) is 29.7 Å². The summed E-state index contributed by atoms with van der Waals surface area (Å²) in [5.41, 5.74) is 1.12. The van der Waals surface area contributed by atoms with E-state index >= 15 is 0 Å². The Balaban J connectivity index is 1.89. The Morgan fingerprint density at radius 1 is 1.08 bits per heavy atom. The normalized spacial score (nSPS) is 19.9. The number of carbonyl (C=O) groups is 2. The number of amides is 3. The highest BCUT2D eigenvalue weighted by Crippen LogP contribution is 2.33. The van der Waals surface area contributed by atoms with E-state index in [4.69, 9.17) is 5.26 Å². The molecule has 1 fully saturated rings. The molecule has 0 aromatic heterocycles. The van der Waals surface area contributed by atoms with Gasteiger partial charge in [-0.1, -0.05) is 49.4 Å². The van der Waals surface area contributed by atoms with E-state index in [0.717, 1.165) is 11.1 Å². The van der Waals surface area contributed by atoms with Gasteiger partial charge in [0.2, 0.25) is 0 Å². The maximum absolute atomic E-state index is 13.0. The van der Waals surface area contributed by atoms with Gasteiger partial charge in [-0.2, -0.15) is 5.26 Å². The molecule has 2 aromatic carbocycles. The van der Waals surface area contributed by atoms with E-state index in [0.29, 0.717) is 12.0 Å². The van der Waals surface area contributed by atoms with Crippen molar-refractivity contribution in [1.29, 1.82) is 5.26 Å². The second-order valence-electron chi connectivity index (χ2n) is 5.76. The molecule has 1 aliphatic heterocycles. The molecule has 1 saturated heterocycles. The topological polar surface area (TPSA) is 73.2 Å². The van der Waals surface area contributed by atoms with Crippen molar-refractivity contribution in [3.8, 4) is 6.07 Å². The second kappa shape index (κ2) is 6.17. The minimum absolute atomic E-state index is 0.185. The van der Waals surface area contributed by atoms with E-state index in [1.807, 2.05) is 43.3 Å². The Bertz CT molecular complexity index is 809. The number of hydrogen-bond donors (Lipinski definition) is 1. The van der Waals surface area contributed by atoms with Gasteiger partial charge in [0.25, 0.3) is 5.91 Å². The second-order valence-corrected chi connectivity index (χ2v) is 5.76. The molecule has 120 valence electrons. The van der Waals surface area contributed by atoms with Crippen molar-refractivity contribution in [1.82, 2.24) is 10.2 Å². The predicted molar refractivity (Wildman–Crippen MR) is 88.6 cm³/mol. The zero-order valence-electron chi connectivity index (χ0n) is 13.3. The molecule has 5 heteroatoms. The molecule has 2 aromatic rings. The Morgan fingerprint density at radius 2 is 1.75 bits per heavy atom. The molecule has 3 rings (SSSR count). The number of benzene rings is 2. The van der Waals surface area contributed by atoms with E-state index in [1.165, 1.54) is 4.90 Å². The number of imide groups is 1. The number of nitriles is 1. The maximum Gasteiger partial charge on any atom is 0.325 e. The lowest BCUT2D eigenvalue weighted by Gasteiger charge is -2.25. The summed E-state index contributed by atoms with van der Waals surface area (Å²) in [7, 11) is 0. The zero-order chi connectivity index (χ0) is 17.2. The third-order valence-electron chi connectivity index (χ3n) is 4.40. The van der Waals surface area contributed by atoms with Crippen LogP contribution in [0.2, 0.25) is 0 Å². The molecule has 0 spiro atoms. The van der Waals surface area contributed by atoms with E-state index in [2.05, 4.69) is 5.32 Å². The molecule has 0 unspecified atom stereocenters. The molecule has 1 N–H and O–H groups in total. The lowest BCUT2D eigenvalue weighted by molar-refractivity contribution is -0.132. The van der Waals surface area contributed by atoms with Gasteiger partial charge in [-0.15, -0.1) is 0 Å². The van der Waals surface area contributed by atoms with Gasteiger partial charge < -0.3 is 5.32 Å². The molecule has 1 atom stereocenters. The van der Waals surface area contributed by atoms with Gasteiger partial charge in [0.05, 0.1) is 18.2 Å². The van der Waals surface area contributed by atoms with Crippen molar-refractivity contribution < 1.29 is 9.59 Å². The molecular formula is C19H17N3O2. The third-order valence-corrected chi connectivity index (χ3v) is 4.40. The molecular weight excluding hydrogens is 302 g/mol. The Morgan fingerprint density at radius 3 is 2.33 bits per heavy atom. The monoisotopic (exact) mass is 319 g/mol. The molecule has 3 amide bonds. The number of carbonyl (C=O) groups excluding carboxylic acids is 2. The van der Waals surface area contributed by atoms with E-state index < -0.39 is 11.6 Å². The van der Waals surface area contributed by atoms with Crippen LogP contribution in [-0.2, 0) is 16.9 Å². The first-order chi connectivity index (χ1) is 11.6. The first kappa shape index (κ1) is 15.8. The Hall–Kier alpha value is -3.13. The maximum atomic E-state index is 13.0. The summed E-state index contributed by atoms with van der Waals surface area (Å²) in [6.07, 6.45) is 0.478. The van der Waals surface area contributed by atoms with Crippen LogP contribution in [0.1, 0.15) is 30.0 Å². The van der Waals surface area contributed by atoms with Crippen molar-refractivity contribution in [3.05, 3.63) is 71.3 Å². The third kappa shape index (κ3) is 2.52. The van der Waals surface area contributed by atoms with Crippen LogP contribution < -0.4 is 5.32 Å². The van der Waals surface area contributed by atoms with Gasteiger partial charge in [0.15, 0.2) is 0 Å². The molecule has 1 aliphatic rings. The van der Waals surface area contributed by atoms with Gasteiger partial charge in [-0.25, -0.2) is 4.79 Å². The summed E-state index contributed by atoms with van der Waals surface area (Å²) >= 11 is 0. The minimum Gasteiger partial charge on any atom is -0.319 e. The SMILES string of the molecule is CC[C@@]1(c2ccccc2)NC(=O)N(Cc2ccc(C#N)cc2)C1=O. The number of nitrogens with one attached hydrogen (secondary N) is 1. The molecule has 0 radical (unpaired) electrons. The molecule has 0 saturated carbocycles. The van der Waals surface area contributed by atoms with E-state index in [-0.39, 0.29) is 12.5 Å². The predicted octanol–water partition coefficient (Wildman–Crippen LogP) is 2.92. The molecule has 24 heavy (non-hydrogen) atoms. The fourth-order valence-corrected chi connectivity index (χ4v) is 3.00. The number of rotatable bonds is 4. The fraction of sp³-hybridized carbons (Fsp3) is 0.211.